The van der Waals surface area contributed by atoms with Crippen molar-refractivity contribution in [2.45, 2.75) is 0 Å². The van der Waals surface area contributed by atoms with Gasteiger partial charge in [-0.05, 0) is 12.1 Å². The Bertz CT molecular complexity index is 297. The smallest absolute Gasteiger partial charge is 0.447 e. The van der Waals surface area contributed by atoms with Crippen LogP contribution in [0.15, 0.2) is 30.6 Å². The van der Waals surface area contributed by atoms with Gasteiger partial charge in [0.05, 0.1) is 12.4 Å². The first-order chi connectivity index (χ1) is 5.70. The molecule has 0 radical (unpaired) electrons. The van der Waals surface area contributed by atoms with Crippen molar-refractivity contribution in [2.24, 2.45) is 0 Å². The van der Waals surface area contributed by atoms with Crippen LogP contribution in [0.3, 0.4) is 0 Å². The summed E-state index contributed by atoms with van der Waals surface area (Å²) < 4.78 is 1.13. The molecule has 0 aliphatic carbocycles. The molecule has 5 nitrogen and oxygen atoms in total. The van der Waals surface area contributed by atoms with E-state index in [1.807, 2.05) is 0 Å². The Morgan fingerprint density at radius 1 is 1.17 bits per heavy atom. The van der Waals surface area contributed by atoms with Crippen LogP contribution in [-0.4, -0.2) is 17.2 Å². The molecule has 1 rings (SSSR count). The molecule has 2 N–H and O–H groups in total. The summed E-state index contributed by atoms with van der Waals surface area (Å²) in [5.74, 6) is 0. The lowest BCUT2D eigenvalue weighted by Crippen LogP contribution is -2.51. The minimum absolute atomic E-state index is 0.692. The third-order valence-corrected chi connectivity index (χ3v) is 1.16. The minimum Gasteiger partial charge on any atom is -0.447 e. The zero-order chi connectivity index (χ0) is 8.97. The highest BCUT2D eigenvalue weighted by Crippen LogP contribution is 1.76. The average Bonchev–Trinajstić information content (AvgIpc) is 2.05. The summed E-state index contributed by atoms with van der Waals surface area (Å²) in [5.41, 5.74) is 0. The molecule has 0 bridgehead atoms. The first-order valence-corrected chi connectivity index (χ1v) is 3.21. The van der Waals surface area contributed by atoms with Crippen molar-refractivity contribution in [3.05, 3.63) is 30.6 Å². The van der Waals surface area contributed by atoms with Gasteiger partial charge in [0.2, 0.25) is 0 Å². The molecular weight excluding hydrogens is 160 g/mol. The van der Waals surface area contributed by atoms with Crippen LogP contribution in [0, 0.1) is 0 Å². The molecule has 0 aliphatic rings. The second kappa shape index (κ2) is 3.47. The maximum Gasteiger partial charge on any atom is 0.506 e. The molecule has 1 heterocycles. The molecule has 0 saturated carbocycles. The van der Waals surface area contributed by atoms with Crippen molar-refractivity contribution in [1.82, 2.24) is 5.32 Å². The standard InChI is InChI=1S/C7H6N2O3/c10-6(8-7(11)12)9-4-2-1-3-5-9/h1-5H,(H-,8,10,11,12)/p+1. The maximum absolute atomic E-state index is 10.9. The van der Waals surface area contributed by atoms with E-state index in [1.165, 1.54) is 12.4 Å². The summed E-state index contributed by atoms with van der Waals surface area (Å²) in [4.78, 5) is 21.0. The molecule has 12 heavy (non-hydrogen) atoms. The zero-order valence-electron chi connectivity index (χ0n) is 6.10. The number of imide groups is 1. The van der Waals surface area contributed by atoms with E-state index in [1.54, 1.807) is 23.5 Å². The van der Waals surface area contributed by atoms with Gasteiger partial charge in [0.25, 0.3) is 0 Å². The summed E-state index contributed by atoms with van der Waals surface area (Å²) in [6, 6.07) is 4.29. The molecular formula is C7H7N2O3+. The number of rotatable bonds is 0. The fraction of sp³-hybridized carbons (Fsp3) is 0. The highest BCUT2D eigenvalue weighted by Gasteiger charge is 2.15. The summed E-state index contributed by atoms with van der Waals surface area (Å²) >= 11 is 0. The van der Waals surface area contributed by atoms with Gasteiger partial charge in [0.15, 0.2) is 0 Å². The Hall–Kier alpha value is -1.91. The van der Waals surface area contributed by atoms with Gasteiger partial charge in [-0.2, -0.15) is 14.2 Å². The fourth-order valence-electron chi connectivity index (χ4n) is 0.690. The van der Waals surface area contributed by atoms with Crippen LogP contribution in [0.1, 0.15) is 0 Å². The van der Waals surface area contributed by atoms with Crippen LogP contribution in [0.2, 0.25) is 0 Å². The number of nitrogens with one attached hydrogen (secondary N) is 1. The molecule has 5 heteroatoms. The molecule has 0 aliphatic heterocycles. The highest BCUT2D eigenvalue weighted by atomic mass is 16.4. The average molecular weight is 167 g/mol. The Balaban J connectivity index is 2.73. The third-order valence-electron chi connectivity index (χ3n) is 1.16. The quantitative estimate of drug-likeness (QED) is 0.542. The summed E-state index contributed by atoms with van der Waals surface area (Å²) in [7, 11) is 0. The number of nitrogens with zero attached hydrogens (tertiary/aromatic N) is 1. The van der Waals surface area contributed by atoms with E-state index >= 15 is 0 Å². The van der Waals surface area contributed by atoms with E-state index in [-0.39, 0.29) is 0 Å². The fourth-order valence-corrected chi connectivity index (χ4v) is 0.690. The Kier molecular flexibility index (Phi) is 2.37. The number of carboxylic acid groups (broad SMARTS) is 1. The normalized spacial score (nSPS) is 9.00. The van der Waals surface area contributed by atoms with E-state index < -0.39 is 12.1 Å². The summed E-state index contributed by atoms with van der Waals surface area (Å²) in [6.07, 6.45) is 1.55. The zero-order valence-corrected chi connectivity index (χ0v) is 6.10. The minimum atomic E-state index is -1.36. The van der Waals surface area contributed by atoms with Crippen LogP contribution in [0.5, 0.6) is 0 Å². The van der Waals surface area contributed by atoms with Crippen LogP contribution < -0.4 is 9.88 Å². The lowest BCUT2D eigenvalue weighted by atomic mass is 10.5. The molecule has 0 unspecified atom stereocenters. The number of hydrogen-bond acceptors (Lipinski definition) is 2. The van der Waals surface area contributed by atoms with E-state index in [0.717, 1.165) is 4.57 Å². The summed E-state index contributed by atoms with van der Waals surface area (Å²) in [6.45, 7) is 0. The van der Waals surface area contributed by atoms with Crippen molar-refractivity contribution in [1.29, 1.82) is 0 Å². The monoisotopic (exact) mass is 167 g/mol. The molecule has 1 aromatic rings. The first kappa shape index (κ1) is 8.19. The SMILES string of the molecule is O=C(O)NC(=O)[n+]1ccccc1. The molecule has 2 amide bonds. The van der Waals surface area contributed by atoms with Crippen molar-refractivity contribution < 1.29 is 19.3 Å². The van der Waals surface area contributed by atoms with Gasteiger partial charge in [0.1, 0.15) is 0 Å². The molecule has 0 saturated heterocycles. The molecule has 0 aromatic carbocycles. The van der Waals surface area contributed by atoms with Gasteiger partial charge in [-0.15, -0.1) is 5.32 Å². The van der Waals surface area contributed by atoms with E-state index in [4.69, 9.17) is 5.11 Å². The number of pyridine rings is 1. The molecule has 0 fully saturated rings. The van der Waals surface area contributed by atoms with Crippen LogP contribution in [0.4, 0.5) is 9.59 Å². The van der Waals surface area contributed by atoms with Crippen molar-refractivity contribution in [3.8, 4) is 0 Å². The van der Waals surface area contributed by atoms with Crippen molar-refractivity contribution in [2.75, 3.05) is 0 Å². The molecule has 0 spiro atoms. The van der Waals surface area contributed by atoms with Crippen LogP contribution >= 0.6 is 0 Å². The second-order valence-electron chi connectivity index (χ2n) is 2.02. The van der Waals surface area contributed by atoms with Crippen LogP contribution in [0.25, 0.3) is 0 Å². The van der Waals surface area contributed by atoms with Gasteiger partial charge >= 0.3 is 12.1 Å². The van der Waals surface area contributed by atoms with Gasteiger partial charge in [-0.3, -0.25) is 0 Å². The lowest BCUT2D eigenvalue weighted by Gasteiger charge is -1.91. The number of carbonyl (C=O) groups is 2. The highest BCUT2D eigenvalue weighted by molar-refractivity contribution is 5.84. The predicted octanol–water partition coefficient (Wildman–Crippen LogP) is 0.210. The summed E-state index contributed by atoms with van der Waals surface area (Å²) in [5, 5.41) is 9.90. The molecule has 0 atom stereocenters. The van der Waals surface area contributed by atoms with Crippen molar-refractivity contribution in [3.63, 3.8) is 0 Å². The van der Waals surface area contributed by atoms with Gasteiger partial charge < -0.3 is 5.11 Å². The predicted molar refractivity (Wildman–Crippen MR) is 38.6 cm³/mol. The van der Waals surface area contributed by atoms with Crippen molar-refractivity contribution >= 4 is 12.1 Å². The number of aromatic nitrogens is 1. The van der Waals surface area contributed by atoms with Gasteiger partial charge in [-0.1, -0.05) is 6.07 Å². The Morgan fingerprint density at radius 3 is 2.25 bits per heavy atom. The lowest BCUT2D eigenvalue weighted by molar-refractivity contribution is -0.571. The first-order valence-electron chi connectivity index (χ1n) is 3.21. The number of hydrogen-bond donors (Lipinski definition) is 2. The Morgan fingerprint density at radius 2 is 1.75 bits per heavy atom. The topological polar surface area (TPSA) is 70.3 Å². The largest absolute Gasteiger partial charge is 0.506 e. The van der Waals surface area contributed by atoms with E-state index in [0.29, 0.717) is 0 Å². The molecule has 62 valence electrons. The van der Waals surface area contributed by atoms with E-state index in [9.17, 15) is 9.59 Å². The maximum atomic E-state index is 10.9. The second-order valence-corrected chi connectivity index (χ2v) is 2.02. The third kappa shape index (κ3) is 2.05. The van der Waals surface area contributed by atoms with Crippen LogP contribution in [-0.2, 0) is 0 Å². The van der Waals surface area contributed by atoms with E-state index in [2.05, 4.69) is 0 Å². The number of carbonyl (C=O) groups excluding carboxylic acids is 1. The molecule has 1 aromatic heterocycles. The van der Waals surface area contributed by atoms with Gasteiger partial charge in [-0.25, -0.2) is 0 Å². The Labute approximate surface area is 68.3 Å². The van der Waals surface area contributed by atoms with Gasteiger partial charge in [0, 0.05) is 0 Å². The number of amides is 2.